The summed E-state index contributed by atoms with van der Waals surface area (Å²) in [6, 6.07) is 7.49. The van der Waals surface area contributed by atoms with Crippen LogP contribution in [0, 0.1) is 13.8 Å². The van der Waals surface area contributed by atoms with Gasteiger partial charge in [0.2, 0.25) is 5.88 Å². The molecule has 3 N–H and O–H groups in total. The molecule has 2 rings (SSSR count). The first kappa shape index (κ1) is 11.6. The summed E-state index contributed by atoms with van der Waals surface area (Å²) in [6.07, 6.45) is 0. The minimum Gasteiger partial charge on any atom is -0.437 e. The molecule has 0 fully saturated rings. The van der Waals surface area contributed by atoms with E-state index in [0.717, 1.165) is 11.3 Å². The molecule has 0 atom stereocenters. The lowest BCUT2D eigenvalue weighted by atomic mass is 10.1. The van der Waals surface area contributed by atoms with Crippen molar-refractivity contribution in [1.29, 1.82) is 0 Å². The van der Waals surface area contributed by atoms with Crippen molar-refractivity contribution in [3.05, 3.63) is 41.1 Å². The number of hydrogen-bond acceptors (Lipinski definition) is 3. The second-order valence-corrected chi connectivity index (χ2v) is 4.29. The highest BCUT2D eigenvalue weighted by molar-refractivity contribution is 7.80. The number of aromatic amines is 1. The molecule has 0 saturated heterocycles. The van der Waals surface area contributed by atoms with E-state index in [1.165, 1.54) is 0 Å². The molecule has 0 unspecified atom stereocenters. The molecule has 2 aromatic rings. The Morgan fingerprint density at radius 2 is 2.12 bits per heavy atom. The zero-order valence-corrected chi connectivity index (χ0v) is 10.5. The standard InChI is InChI=1S/C12H13N3OS/c1-7-3-4-9(12(13)17)10(5-7)16-11-6-8(2)14-15-11/h3-6H,1-2H3,(H2,13,17)(H,14,15). The fourth-order valence-electron chi connectivity index (χ4n) is 1.48. The Morgan fingerprint density at radius 1 is 1.35 bits per heavy atom. The van der Waals surface area contributed by atoms with Crippen LogP contribution in [0.3, 0.4) is 0 Å². The van der Waals surface area contributed by atoms with Crippen LogP contribution in [0.2, 0.25) is 0 Å². The van der Waals surface area contributed by atoms with Crippen LogP contribution in [-0.4, -0.2) is 15.2 Å². The number of nitrogens with two attached hydrogens (primary N) is 1. The minimum absolute atomic E-state index is 0.312. The predicted molar refractivity (Wildman–Crippen MR) is 70.5 cm³/mol. The summed E-state index contributed by atoms with van der Waals surface area (Å²) in [5, 5.41) is 6.82. The third-order valence-corrected chi connectivity index (χ3v) is 2.52. The highest BCUT2D eigenvalue weighted by atomic mass is 32.1. The van der Waals surface area contributed by atoms with E-state index in [1.54, 1.807) is 0 Å². The van der Waals surface area contributed by atoms with E-state index in [0.29, 0.717) is 22.2 Å². The van der Waals surface area contributed by atoms with Crippen molar-refractivity contribution < 1.29 is 4.74 Å². The average Bonchev–Trinajstić information content (AvgIpc) is 2.63. The van der Waals surface area contributed by atoms with Crippen LogP contribution in [0.25, 0.3) is 0 Å². The molecule has 0 saturated carbocycles. The van der Waals surface area contributed by atoms with Gasteiger partial charge >= 0.3 is 0 Å². The maximum Gasteiger partial charge on any atom is 0.238 e. The van der Waals surface area contributed by atoms with Crippen molar-refractivity contribution in [1.82, 2.24) is 10.2 Å². The topological polar surface area (TPSA) is 63.9 Å². The maximum absolute atomic E-state index is 5.66. The Bertz CT molecular complexity index is 563. The summed E-state index contributed by atoms with van der Waals surface area (Å²) >= 11 is 4.98. The first-order chi connectivity index (χ1) is 8.06. The number of rotatable bonds is 3. The number of nitrogens with zero attached hydrogens (tertiary/aromatic N) is 1. The normalized spacial score (nSPS) is 10.2. The van der Waals surface area contributed by atoms with Crippen molar-refractivity contribution >= 4 is 17.2 Å². The van der Waals surface area contributed by atoms with Gasteiger partial charge in [0.15, 0.2) is 0 Å². The molecule has 0 bridgehead atoms. The van der Waals surface area contributed by atoms with E-state index in [4.69, 9.17) is 22.7 Å². The molecular formula is C12H13N3OS. The van der Waals surface area contributed by atoms with Gasteiger partial charge in [0, 0.05) is 11.8 Å². The largest absolute Gasteiger partial charge is 0.437 e. The lowest BCUT2D eigenvalue weighted by Gasteiger charge is -2.08. The van der Waals surface area contributed by atoms with Gasteiger partial charge in [-0.3, -0.25) is 5.10 Å². The SMILES string of the molecule is Cc1ccc(C(N)=S)c(Oc2cc(C)[nH]n2)c1. The monoisotopic (exact) mass is 247 g/mol. The lowest BCUT2D eigenvalue weighted by molar-refractivity contribution is 0.460. The second-order valence-electron chi connectivity index (χ2n) is 3.86. The van der Waals surface area contributed by atoms with Crippen molar-refractivity contribution in [2.75, 3.05) is 0 Å². The van der Waals surface area contributed by atoms with Crippen LogP contribution in [0.5, 0.6) is 11.6 Å². The Morgan fingerprint density at radius 3 is 2.71 bits per heavy atom. The highest BCUT2D eigenvalue weighted by Gasteiger charge is 2.09. The number of H-pyrrole nitrogens is 1. The number of thiocarbonyl (C=S) groups is 1. The fraction of sp³-hybridized carbons (Fsp3) is 0.167. The molecule has 5 heteroatoms. The van der Waals surface area contributed by atoms with Gasteiger partial charge in [0.1, 0.15) is 10.7 Å². The van der Waals surface area contributed by atoms with Crippen molar-refractivity contribution in [2.45, 2.75) is 13.8 Å². The Hall–Kier alpha value is -1.88. The van der Waals surface area contributed by atoms with E-state index >= 15 is 0 Å². The van der Waals surface area contributed by atoms with Crippen LogP contribution >= 0.6 is 12.2 Å². The molecule has 0 aliphatic rings. The summed E-state index contributed by atoms with van der Waals surface area (Å²) in [4.78, 5) is 0.312. The van der Waals surface area contributed by atoms with Gasteiger partial charge in [-0.1, -0.05) is 18.3 Å². The summed E-state index contributed by atoms with van der Waals surface area (Å²) in [5.74, 6) is 1.13. The van der Waals surface area contributed by atoms with E-state index in [2.05, 4.69) is 10.2 Å². The van der Waals surface area contributed by atoms with Gasteiger partial charge in [-0.25, -0.2) is 0 Å². The molecule has 0 spiro atoms. The van der Waals surface area contributed by atoms with E-state index in [-0.39, 0.29) is 0 Å². The lowest BCUT2D eigenvalue weighted by Crippen LogP contribution is -2.10. The van der Waals surface area contributed by atoms with Crippen molar-refractivity contribution in [3.8, 4) is 11.6 Å². The molecule has 1 aromatic carbocycles. The van der Waals surface area contributed by atoms with Crippen LogP contribution in [0.4, 0.5) is 0 Å². The minimum atomic E-state index is 0.312. The third kappa shape index (κ3) is 2.62. The van der Waals surface area contributed by atoms with Crippen molar-refractivity contribution in [2.24, 2.45) is 5.73 Å². The number of aryl methyl sites for hydroxylation is 2. The molecule has 0 aliphatic heterocycles. The molecule has 17 heavy (non-hydrogen) atoms. The number of hydrogen-bond donors (Lipinski definition) is 2. The summed E-state index contributed by atoms with van der Waals surface area (Å²) in [5.41, 5.74) is 8.37. The first-order valence-electron chi connectivity index (χ1n) is 5.16. The highest BCUT2D eigenvalue weighted by Crippen LogP contribution is 2.25. The smallest absolute Gasteiger partial charge is 0.238 e. The van der Waals surface area contributed by atoms with Crippen LogP contribution in [0.15, 0.2) is 24.3 Å². The van der Waals surface area contributed by atoms with Gasteiger partial charge in [0.25, 0.3) is 0 Å². The van der Waals surface area contributed by atoms with Crippen LogP contribution in [0.1, 0.15) is 16.8 Å². The molecule has 4 nitrogen and oxygen atoms in total. The number of nitrogens with one attached hydrogen (secondary N) is 1. The predicted octanol–water partition coefficient (Wildman–Crippen LogP) is 2.45. The number of benzene rings is 1. The summed E-state index contributed by atoms with van der Waals surface area (Å²) in [7, 11) is 0. The van der Waals surface area contributed by atoms with Crippen LogP contribution in [-0.2, 0) is 0 Å². The molecule has 0 aliphatic carbocycles. The van der Waals surface area contributed by atoms with Gasteiger partial charge in [-0.2, -0.15) is 0 Å². The van der Waals surface area contributed by atoms with Gasteiger partial charge in [-0.05, 0) is 31.5 Å². The molecule has 0 amide bonds. The zero-order valence-electron chi connectivity index (χ0n) is 9.65. The third-order valence-electron chi connectivity index (χ3n) is 2.30. The first-order valence-corrected chi connectivity index (χ1v) is 5.57. The van der Waals surface area contributed by atoms with Gasteiger partial charge in [-0.15, -0.1) is 5.10 Å². The van der Waals surface area contributed by atoms with E-state index in [9.17, 15) is 0 Å². The van der Waals surface area contributed by atoms with Crippen molar-refractivity contribution in [3.63, 3.8) is 0 Å². The van der Waals surface area contributed by atoms with Crippen LogP contribution < -0.4 is 10.5 Å². The summed E-state index contributed by atoms with van der Waals surface area (Å²) in [6.45, 7) is 3.89. The number of ether oxygens (including phenoxy) is 1. The Balaban J connectivity index is 2.37. The van der Waals surface area contributed by atoms with Gasteiger partial charge < -0.3 is 10.5 Å². The molecular weight excluding hydrogens is 234 g/mol. The Kier molecular flexibility index (Phi) is 3.10. The number of aromatic nitrogens is 2. The zero-order chi connectivity index (χ0) is 12.4. The molecule has 1 heterocycles. The average molecular weight is 247 g/mol. The fourth-order valence-corrected chi connectivity index (χ4v) is 1.64. The molecule has 1 aromatic heterocycles. The quantitative estimate of drug-likeness (QED) is 0.818. The van der Waals surface area contributed by atoms with Gasteiger partial charge in [0.05, 0.1) is 5.56 Å². The Labute approximate surface area is 105 Å². The maximum atomic E-state index is 5.66. The molecule has 0 radical (unpaired) electrons. The molecule has 88 valence electrons. The van der Waals surface area contributed by atoms with E-state index in [1.807, 2.05) is 38.1 Å². The summed E-state index contributed by atoms with van der Waals surface area (Å²) < 4.78 is 5.66. The second kappa shape index (κ2) is 4.55. The van der Waals surface area contributed by atoms with E-state index < -0.39 is 0 Å².